The summed E-state index contributed by atoms with van der Waals surface area (Å²) in [5.74, 6) is 0.672. The molecule has 2 heterocycles. The molecule has 21 heavy (non-hydrogen) atoms. The molecule has 0 aliphatic carbocycles. The van der Waals surface area contributed by atoms with Crippen LogP contribution in [-0.2, 0) is 6.42 Å². The highest BCUT2D eigenvalue weighted by Gasteiger charge is 2.14. The summed E-state index contributed by atoms with van der Waals surface area (Å²) in [4.78, 5) is 9.01. The summed E-state index contributed by atoms with van der Waals surface area (Å²) in [5, 5.41) is 7.99. The predicted octanol–water partition coefficient (Wildman–Crippen LogP) is 2.44. The molecule has 5 nitrogen and oxygen atoms in total. The van der Waals surface area contributed by atoms with Gasteiger partial charge in [-0.2, -0.15) is 5.10 Å². The highest BCUT2D eigenvalue weighted by molar-refractivity contribution is 5.30. The Morgan fingerprint density at radius 3 is 2.38 bits per heavy atom. The van der Waals surface area contributed by atoms with E-state index in [4.69, 9.17) is 0 Å². The molecular weight excluding hydrogens is 262 g/mol. The van der Waals surface area contributed by atoms with Gasteiger partial charge < -0.3 is 5.32 Å². The van der Waals surface area contributed by atoms with Gasteiger partial charge in [0.2, 0.25) is 0 Å². The maximum Gasteiger partial charge on any atom is 0.251 e. The third kappa shape index (κ3) is 3.67. The Bertz CT molecular complexity index is 595. The second-order valence-corrected chi connectivity index (χ2v) is 5.47. The minimum absolute atomic E-state index is 0.672. The quantitative estimate of drug-likeness (QED) is 0.829. The molecule has 2 aromatic rings. The zero-order valence-corrected chi connectivity index (χ0v) is 13.7. The van der Waals surface area contributed by atoms with Gasteiger partial charge in [-0.05, 0) is 65.3 Å². The molecule has 0 saturated heterocycles. The van der Waals surface area contributed by atoms with Crippen molar-refractivity contribution >= 4 is 0 Å². The number of aryl methyl sites for hydroxylation is 3. The van der Waals surface area contributed by atoms with Crippen molar-refractivity contribution in [2.75, 3.05) is 13.1 Å². The van der Waals surface area contributed by atoms with E-state index >= 15 is 0 Å². The molecule has 0 saturated carbocycles. The van der Waals surface area contributed by atoms with E-state index in [1.54, 1.807) is 0 Å². The maximum absolute atomic E-state index is 4.63. The molecular formula is C16H25N5. The van der Waals surface area contributed by atoms with Gasteiger partial charge in [0.25, 0.3) is 5.95 Å². The van der Waals surface area contributed by atoms with Crippen LogP contribution in [-0.4, -0.2) is 32.8 Å². The van der Waals surface area contributed by atoms with Gasteiger partial charge in [0.1, 0.15) is 0 Å². The van der Waals surface area contributed by atoms with Crippen LogP contribution in [0.5, 0.6) is 0 Å². The fourth-order valence-electron chi connectivity index (χ4n) is 2.60. The number of aromatic nitrogens is 4. The number of hydrogen-bond donors (Lipinski definition) is 1. The largest absolute Gasteiger partial charge is 0.317 e. The predicted molar refractivity (Wildman–Crippen MR) is 85.0 cm³/mol. The van der Waals surface area contributed by atoms with Gasteiger partial charge in [0, 0.05) is 17.1 Å². The van der Waals surface area contributed by atoms with Crippen LogP contribution in [0.4, 0.5) is 0 Å². The summed E-state index contributed by atoms with van der Waals surface area (Å²) in [6.07, 6.45) is 2.16. The van der Waals surface area contributed by atoms with E-state index in [2.05, 4.69) is 41.2 Å². The van der Waals surface area contributed by atoms with Crippen molar-refractivity contribution in [1.82, 2.24) is 25.1 Å². The molecule has 0 aliphatic rings. The summed E-state index contributed by atoms with van der Waals surface area (Å²) in [6, 6.07) is 1.98. The molecule has 0 atom stereocenters. The van der Waals surface area contributed by atoms with Crippen LogP contribution in [0, 0.1) is 27.7 Å². The summed E-state index contributed by atoms with van der Waals surface area (Å²) in [6.45, 7) is 12.3. The number of hydrogen-bond acceptors (Lipinski definition) is 4. The molecule has 0 radical (unpaired) electrons. The molecule has 0 fully saturated rings. The zero-order chi connectivity index (χ0) is 15.4. The van der Waals surface area contributed by atoms with Gasteiger partial charge in [-0.15, -0.1) is 0 Å². The van der Waals surface area contributed by atoms with Gasteiger partial charge in [-0.1, -0.05) is 6.92 Å². The first-order valence-corrected chi connectivity index (χ1v) is 7.61. The third-order valence-electron chi connectivity index (χ3n) is 3.63. The smallest absolute Gasteiger partial charge is 0.251 e. The van der Waals surface area contributed by atoms with Crippen molar-refractivity contribution in [3.63, 3.8) is 0 Å². The Kier molecular flexibility index (Phi) is 5.07. The molecule has 1 N–H and O–H groups in total. The minimum Gasteiger partial charge on any atom is -0.317 e. The molecule has 114 valence electrons. The standard InChI is InChI=1S/C16H25N5/c1-6-17-9-7-8-15-13(4)20-21(14(15)5)16-18-11(2)10-12(3)19-16/h10,17H,6-9H2,1-5H3. The number of rotatable bonds is 6. The lowest BCUT2D eigenvalue weighted by atomic mass is 10.1. The summed E-state index contributed by atoms with van der Waals surface area (Å²) >= 11 is 0. The number of nitrogens with one attached hydrogen (secondary N) is 1. The molecule has 2 rings (SSSR count). The van der Waals surface area contributed by atoms with Gasteiger partial charge >= 0.3 is 0 Å². The lowest BCUT2D eigenvalue weighted by Crippen LogP contribution is -2.14. The fraction of sp³-hybridized carbons (Fsp3) is 0.562. The Morgan fingerprint density at radius 1 is 1.10 bits per heavy atom. The molecule has 0 aliphatic heterocycles. The molecule has 0 aromatic carbocycles. The van der Waals surface area contributed by atoms with E-state index in [-0.39, 0.29) is 0 Å². The van der Waals surface area contributed by atoms with Gasteiger partial charge in [0.05, 0.1) is 5.69 Å². The van der Waals surface area contributed by atoms with E-state index in [1.165, 1.54) is 5.56 Å². The van der Waals surface area contributed by atoms with E-state index in [0.717, 1.165) is 48.7 Å². The van der Waals surface area contributed by atoms with E-state index in [0.29, 0.717) is 5.95 Å². The highest BCUT2D eigenvalue weighted by atomic mass is 15.4. The van der Waals surface area contributed by atoms with Crippen LogP contribution in [0.25, 0.3) is 5.95 Å². The van der Waals surface area contributed by atoms with Crippen LogP contribution >= 0.6 is 0 Å². The second kappa shape index (κ2) is 6.80. The summed E-state index contributed by atoms with van der Waals surface area (Å²) < 4.78 is 1.87. The monoisotopic (exact) mass is 287 g/mol. The van der Waals surface area contributed by atoms with Crippen LogP contribution < -0.4 is 5.32 Å². The average Bonchev–Trinajstić information content (AvgIpc) is 2.70. The van der Waals surface area contributed by atoms with E-state index < -0.39 is 0 Å². The summed E-state index contributed by atoms with van der Waals surface area (Å²) in [7, 11) is 0. The maximum atomic E-state index is 4.63. The number of nitrogens with zero attached hydrogens (tertiary/aromatic N) is 4. The van der Waals surface area contributed by atoms with Crippen LogP contribution in [0.3, 0.4) is 0 Å². The first kappa shape index (κ1) is 15.6. The lowest BCUT2D eigenvalue weighted by Gasteiger charge is -2.06. The average molecular weight is 287 g/mol. The third-order valence-corrected chi connectivity index (χ3v) is 3.63. The van der Waals surface area contributed by atoms with Crippen molar-refractivity contribution in [2.24, 2.45) is 0 Å². The molecule has 0 unspecified atom stereocenters. The lowest BCUT2D eigenvalue weighted by molar-refractivity contribution is 0.670. The highest BCUT2D eigenvalue weighted by Crippen LogP contribution is 2.17. The Labute approximate surface area is 126 Å². The van der Waals surface area contributed by atoms with Gasteiger partial charge in [-0.25, -0.2) is 14.6 Å². The van der Waals surface area contributed by atoms with Crippen molar-refractivity contribution < 1.29 is 0 Å². The van der Waals surface area contributed by atoms with Gasteiger partial charge in [0.15, 0.2) is 0 Å². The topological polar surface area (TPSA) is 55.6 Å². The van der Waals surface area contributed by atoms with Crippen molar-refractivity contribution in [1.29, 1.82) is 0 Å². The van der Waals surface area contributed by atoms with E-state index in [1.807, 2.05) is 24.6 Å². The fourth-order valence-corrected chi connectivity index (χ4v) is 2.60. The molecule has 0 bridgehead atoms. The van der Waals surface area contributed by atoms with E-state index in [9.17, 15) is 0 Å². The Balaban J connectivity index is 2.25. The summed E-state index contributed by atoms with van der Waals surface area (Å²) in [5.41, 5.74) is 5.48. The SMILES string of the molecule is CCNCCCc1c(C)nn(-c2nc(C)cc(C)n2)c1C. The first-order valence-electron chi connectivity index (χ1n) is 7.61. The van der Waals surface area contributed by atoms with Crippen molar-refractivity contribution in [3.8, 4) is 5.95 Å². The van der Waals surface area contributed by atoms with Crippen LogP contribution in [0.1, 0.15) is 41.7 Å². The first-order chi connectivity index (χ1) is 10.0. The van der Waals surface area contributed by atoms with Crippen molar-refractivity contribution in [2.45, 2.75) is 47.5 Å². The van der Waals surface area contributed by atoms with Crippen molar-refractivity contribution in [3.05, 3.63) is 34.4 Å². The van der Waals surface area contributed by atoms with Crippen LogP contribution in [0.2, 0.25) is 0 Å². The minimum atomic E-state index is 0.672. The Hall–Kier alpha value is -1.75. The molecule has 2 aromatic heterocycles. The molecule has 5 heteroatoms. The molecule has 0 amide bonds. The Morgan fingerprint density at radius 2 is 1.76 bits per heavy atom. The zero-order valence-electron chi connectivity index (χ0n) is 13.7. The normalized spacial score (nSPS) is 11.1. The van der Waals surface area contributed by atoms with Crippen LogP contribution in [0.15, 0.2) is 6.07 Å². The second-order valence-electron chi connectivity index (χ2n) is 5.47. The molecule has 0 spiro atoms. The van der Waals surface area contributed by atoms with Gasteiger partial charge in [-0.3, -0.25) is 0 Å².